The van der Waals surface area contributed by atoms with Crippen molar-refractivity contribution in [3.63, 3.8) is 0 Å². The molecule has 1 aliphatic heterocycles. The summed E-state index contributed by atoms with van der Waals surface area (Å²) in [6.45, 7) is 5.89. The van der Waals surface area contributed by atoms with Gasteiger partial charge in [-0.3, -0.25) is 4.39 Å². The highest BCUT2D eigenvalue weighted by Gasteiger charge is 2.36. The summed E-state index contributed by atoms with van der Waals surface area (Å²) in [7, 11) is 0. The van der Waals surface area contributed by atoms with Crippen LogP contribution in [0.15, 0.2) is 0 Å². The van der Waals surface area contributed by atoms with Gasteiger partial charge in [0.2, 0.25) is 0 Å². The van der Waals surface area contributed by atoms with E-state index in [0.717, 1.165) is 0 Å². The van der Waals surface area contributed by atoms with Crippen LogP contribution in [0.1, 0.15) is 40.0 Å². The zero-order valence-electron chi connectivity index (χ0n) is 11.3. The summed E-state index contributed by atoms with van der Waals surface area (Å²) in [4.78, 5) is 13.4. The highest BCUT2D eigenvalue weighted by Crippen LogP contribution is 2.34. The van der Waals surface area contributed by atoms with E-state index < -0.39 is 17.7 Å². The van der Waals surface area contributed by atoms with Gasteiger partial charge in [-0.05, 0) is 40.0 Å². The number of nitrogens with zero attached hydrogens (tertiary/aromatic N) is 2. The van der Waals surface area contributed by atoms with Crippen molar-refractivity contribution in [2.75, 3.05) is 19.8 Å². The standard InChI is InChI=1S/C13H21FN2O2/c1-12(2,3)18-11(17)16-8-5-13(10-15,4-7-14)6-9-16/h4-9H2,1-3H3. The van der Waals surface area contributed by atoms with Crippen LogP contribution in [0.4, 0.5) is 9.18 Å². The van der Waals surface area contributed by atoms with Gasteiger partial charge >= 0.3 is 6.09 Å². The number of carbonyl (C=O) groups is 1. The second kappa shape index (κ2) is 5.55. The molecule has 0 atom stereocenters. The van der Waals surface area contributed by atoms with Crippen molar-refractivity contribution in [3.05, 3.63) is 0 Å². The average Bonchev–Trinajstić information content (AvgIpc) is 2.28. The van der Waals surface area contributed by atoms with Gasteiger partial charge < -0.3 is 9.64 Å². The van der Waals surface area contributed by atoms with Crippen LogP contribution in [-0.4, -0.2) is 36.4 Å². The van der Waals surface area contributed by atoms with Gasteiger partial charge in [0.1, 0.15) is 5.60 Å². The fourth-order valence-corrected chi connectivity index (χ4v) is 2.04. The molecular weight excluding hydrogens is 235 g/mol. The molecule has 0 aromatic heterocycles. The minimum Gasteiger partial charge on any atom is -0.444 e. The number of hydrogen-bond donors (Lipinski definition) is 0. The molecule has 0 aromatic rings. The van der Waals surface area contributed by atoms with Crippen molar-refractivity contribution in [1.29, 1.82) is 5.26 Å². The minimum atomic E-state index is -0.604. The molecule has 18 heavy (non-hydrogen) atoms. The van der Waals surface area contributed by atoms with Crippen molar-refractivity contribution in [1.82, 2.24) is 4.90 Å². The van der Waals surface area contributed by atoms with Crippen LogP contribution in [0, 0.1) is 16.7 Å². The molecule has 0 bridgehead atoms. The fraction of sp³-hybridized carbons (Fsp3) is 0.846. The lowest BCUT2D eigenvalue weighted by atomic mass is 9.77. The number of alkyl halides is 1. The quantitative estimate of drug-likeness (QED) is 0.763. The van der Waals surface area contributed by atoms with Crippen LogP contribution in [0.3, 0.4) is 0 Å². The number of halogens is 1. The Morgan fingerprint density at radius 2 is 2.00 bits per heavy atom. The largest absolute Gasteiger partial charge is 0.444 e. The maximum atomic E-state index is 12.4. The third kappa shape index (κ3) is 3.86. The molecule has 0 saturated carbocycles. The highest BCUT2D eigenvalue weighted by molar-refractivity contribution is 5.68. The SMILES string of the molecule is CC(C)(C)OC(=O)N1CCC(C#N)(CCF)CC1. The first-order valence-corrected chi connectivity index (χ1v) is 6.27. The Bertz CT molecular complexity index is 336. The fourth-order valence-electron chi connectivity index (χ4n) is 2.04. The zero-order valence-corrected chi connectivity index (χ0v) is 11.3. The summed E-state index contributed by atoms with van der Waals surface area (Å²) in [6, 6.07) is 2.21. The van der Waals surface area contributed by atoms with Gasteiger partial charge in [-0.1, -0.05) is 0 Å². The third-order valence-corrected chi connectivity index (χ3v) is 3.18. The Labute approximate surface area is 108 Å². The van der Waals surface area contributed by atoms with Gasteiger partial charge in [-0.2, -0.15) is 5.26 Å². The molecule has 0 spiro atoms. The van der Waals surface area contributed by atoms with Crippen LogP contribution in [-0.2, 0) is 4.74 Å². The Kier molecular flexibility index (Phi) is 4.55. The van der Waals surface area contributed by atoms with Gasteiger partial charge in [0.05, 0.1) is 18.2 Å². The van der Waals surface area contributed by atoms with Gasteiger partial charge in [-0.15, -0.1) is 0 Å². The van der Waals surface area contributed by atoms with E-state index in [1.165, 1.54) is 0 Å². The number of ether oxygens (including phenoxy) is 1. The molecule has 0 unspecified atom stereocenters. The van der Waals surface area contributed by atoms with Crippen molar-refractivity contribution in [2.45, 2.75) is 45.6 Å². The number of carbonyl (C=O) groups excluding carboxylic acids is 1. The molecule has 1 heterocycles. The number of nitriles is 1. The molecule has 1 amide bonds. The van der Waals surface area contributed by atoms with Crippen LogP contribution in [0.2, 0.25) is 0 Å². The summed E-state index contributed by atoms with van der Waals surface area (Å²) in [5.74, 6) is 0. The minimum absolute atomic E-state index is 0.256. The number of rotatable bonds is 2. The van der Waals surface area contributed by atoms with Crippen molar-refractivity contribution >= 4 is 6.09 Å². The summed E-state index contributed by atoms with van der Waals surface area (Å²) >= 11 is 0. The maximum absolute atomic E-state index is 12.4. The molecule has 5 heteroatoms. The first-order valence-electron chi connectivity index (χ1n) is 6.27. The van der Waals surface area contributed by atoms with E-state index in [1.54, 1.807) is 4.90 Å². The van der Waals surface area contributed by atoms with Crippen LogP contribution < -0.4 is 0 Å². The molecule has 0 aromatic carbocycles. The van der Waals surface area contributed by atoms with Crippen molar-refractivity contribution in [3.8, 4) is 6.07 Å². The van der Waals surface area contributed by atoms with Gasteiger partial charge in [0.15, 0.2) is 0 Å². The zero-order chi connectivity index (χ0) is 13.8. The molecular formula is C13H21FN2O2. The van der Waals surface area contributed by atoms with Gasteiger partial charge in [0, 0.05) is 13.1 Å². The Balaban J connectivity index is 2.54. The van der Waals surface area contributed by atoms with Crippen molar-refractivity contribution in [2.24, 2.45) is 5.41 Å². The third-order valence-electron chi connectivity index (χ3n) is 3.18. The molecule has 1 saturated heterocycles. The molecule has 0 aliphatic carbocycles. The topological polar surface area (TPSA) is 53.3 Å². The molecule has 1 rings (SSSR count). The monoisotopic (exact) mass is 256 g/mol. The molecule has 0 N–H and O–H groups in total. The summed E-state index contributed by atoms with van der Waals surface area (Å²) in [5, 5.41) is 9.13. The van der Waals surface area contributed by atoms with E-state index >= 15 is 0 Å². The van der Waals surface area contributed by atoms with Crippen LogP contribution in [0.25, 0.3) is 0 Å². The van der Waals surface area contributed by atoms with E-state index in [1.807, 2.05) is 20.8 Å². The molecule has 102 valence electrons. The van der Waals surface area contributed by atoms with Gasteiger partial charge in [-0.25, -0.2) is 4.79 Å². The molecule has 1 aliphatic rings. The number of likely N-dealkylation sites (tertiary alicyclic amines) is 1. The number of piperidine rings is 1. The molecule has 1 fully saturated rings. The van der Waals surface area contributed by atoms with E-state index in [9.17, 15) is 9.18 Å². The predicted octanol–water partition coefficient (Wildman–Crippen LogP) is 2.89. The van der Waals surface area contributed by atoms with Crippen LogP contribution in [0.5, 0.6) is 0 Å². The summed E-state index contributed by atoms with van der Waals surface area (Å²) in [6.07, 6.45) is 0.944. The van der Waals surface area contributed by atoms with E-state index in [0.29, 0.717) is 25.9 Å². The van der Waals surface area contributed by atoms with Gasteiger partial charge in [0.25, 0.3) is 0 Å². The first-order chi connectivity index (χ1) is 8.32. The smallest absolute Gasteiger partial charge is 0.410 e. The normalized spacial score (nSPS) is 19.2. The van der Waals surface area contributed by atoms with Crippen molar-refractivity contribution < 1.29 is 13.9 Å². The Morgan fingerprint density at radius 1 is 1.44 bits per heavy atom. The highest BCUT2D eigenvalue weighted by atomic mass is 19.1. The maximum Gasteiger partial charge on any atom is 0.410 e. The number of amides is 1. The lowest BCUT2D eigenvalue weighted by Gasteiger charge is -2.37. The van der Waals surface area contributed by atoms with E-state index in [2.05, 4.69) is 6.07 Å². The predicted molar refractivity (Wildman–Crippen MR) is 65.7 cm³/mol. The second-order valence-corrected chi connectivity index (χ2v) is 5.80. The average molecular weight is 256 g/mol. The van der Waals surface area contributed by atoms with Crippen LogP contribution >= 0.6 is 0 Å². The summed E-state index contributed by atoms with van der Waals surface area (Å²) < 4.78 is 17.7. The molecule has 0 radical (unpaired) electrons. The van der Waals surface area contributed by atoms with E-state index in [-0.39, 0.29) is 12.5 Å². The lowest BCUT2D eigenvalue weighted by molar-refractivity contribution is 0.0139. The van der Waals surface area contributed by atoms with E-state index in [4.69, 9.17) is 10.00 Å². The first kappa shape index (κ1) is 14.7. The molecule has 4 nitrogen and oxygen atoms in total. The lowest BCUT2D eigenvalue weighted by Crippen LogP contribution is -2.45. The summed E-state index contributed by atoms with van der Waals surface area (Å²) in [5.41, 5.74) is -1.12. The Hall–Kier alpha value is -1.31. The number of hydrogen-bond acceptors (Lipinski definition) is 3. The second-order valence-electron chi connectivity index (χ2n) is 5.80. The Morgan fingerprint density at radius 3 is 2.39 bits per heavy atom.